The van der Waals surface area contributed by atoms with Crippen molar-refractivity contribution in [2.75, 3.05) is 45.3 Å². The number of imidazole rings is 1. The molecule has 4 aromatic rings. The number of hydrogen-bond donors (Lipinski definition) is 3. The maximum atomic E-state index is 12.2. The molecule has 0 bridgehead atoms. The third-order valence-corrected chi connectivity index (χ3v) is 7.86. The second-order valence-electron chi connectivity index (χ2n) is 8.88. The molecule has 5 rings (SSSR count). The summed E-state index contributed by atoms with van der Waals surface area (Å²) < 4.78 is 8.34. The molecule has 2 aromatic heterocycles. The second kappa shape index (κ2) is 10.7. The predicted molar refractivity (Wildman–Crippen MR) is 142 cm³/mol. The lowest BCUT2D eigenvalue weighted by molar-refractivity contribution is 0.0694. The van der Waals surface area contributed by atoms with Gasteiger partial charge in [0.15, 0.2) is 5.13 Å². The first-order valence-corrected chi connectivity index (χ1v) is 13.1. The van der Waals surface area contributed by atoms with Crippen LogP contribution in [0.25, 0.3) is 21.3 Å². The molecule has 1 saturated heterocycles. The molecule has 0 unspecified atom stereocenters. The molecule has 11 heteroatoms. The number of aromatic carboxylic acids is 1. The van der Waals surface area contributed by atoms with Crippen molar-refractivity contribution in [3.05, 3.63) is 46.5 Å². The molecular formula is C25H28ClN5O4S. The number of aromatic nitrogens is 3. The Morgan fingerprint density at radius 2 is 2.03 bits per heavy atom. The molecule has 0 amide bonds. The first-order valence-electron chi connectivity index (χ1n) is 11.9. The zero-order valence-electron chi connectivity index (χ0n) is 19.9. The molecular weight excluding hydrogens is 502 g/mol. The van der Waals surface area contributed by atoms with Crippen LogP contribution in [0.4, 0.5) is 11.1 Å². The van der Waals surface area contributed by atoms with Gasteiger partial charge < -0.3 is 29.7 Å². The quantitative estimate of drug-likeness (QED) is 0.289. The minimum absolute atomic E-state index is 0.0676. The third kappa shape index (κ3) is 4.91. The van der Waals surface area contributed by atoms with Gasteiger partial charge in [0.05, 0.1) is 40.0 Å². The van der Waals surface area contributed by atoms with Crippen molar-refractivity contribution in [3.63, 3.8) is 0 Å². The van der Waals surface area contributed by atoms with E-state index in [1.165, 1.54) is 11.3 Å². The first-order chi connectivity index (χ1) is 17.5. The Morgan fingerprint density at radius 1 is 1.22 bits per heavy atom. The number of thiazole rings is 1. The van der Waals surface area contributed by atoms with Crippen molar-refractivity contribution in [2.24, 2.45) is 0 Å². The van der Waals surface area contributed by atoms with Crippen LogP contribution in [0.2, 0.25) is 5.02 Å². The smallest absolute Gasteiger partial charge is 0.336 e. The summed E-state index contributed by atoms with van der Waals surface area (Å²) in [5.41, 5.74) is 3.46. The van der Waals surface area contributed by atoms with Gasteiger partial charge in [0.2, 0.25) is 5.95 Å². The molecule has 1 aliphatic heterocycles. The van der Waals surface area contributed by atoms with Gasteiger partial charge in [0.25, 0.3) is 0 Å². The van der Waals surface area contributed by atoms with E-state index >= 15 is 0 Å². The number of carbonyl (C=O) groups is 1. The van der Waals surface area contributed by atoms with E-state index < -0.39 is 5.97 Å². The Bertz CT molecular complexity index is 1400. The number of methoxy groups -OCH3 is 1. The van der Waals surface area contributed by atoms with E-state index in [0.717, 1.165) is 47.2 Å². The van der Waals surface area contributed by atoms with Crippen molar-refractivity contribution in [3.8, 4) is 0 Å². The summed E-state index contributed by atoms with van der Waals surface area (Å²) in [6, 6.07) is 9.10. The molecule has 0 saturated carbocycles. The summed E-state index contributed by atoms with van der Waals surface area (Å²) in [5.74, 6) is -0.291. The van der Waals surface area contributed by atoms with Crippen LogP contribution in [0.5, 0.6) is 0 Å². The zero-order chi connectivity index (χ0) is 25.2. The Labute approximate surface area is 217 Å². The number of nitrogens with zero attached hydrogens (tertiary/aromatic N) is 4. The van der Waals surface area contributed by atoms with Gasteiger partial charge in [-0.15, -0.1) is 0 Å². The number of β-amino-alcohol motifs (C(OH)–C–C–N with tert-alkyl or cyclic N) is 1. The predicted octanol–water partition coefficient (Wildman–Crippen LogP) is 4.56. The van der Waals surface area contributed by atoms with E-state index in [0.29, 0.717) is 46.9 Å². The number of aliphatic hydroxyl groups is 1. The number of aliphatic hydroxyl groups excluding tert-OH is 1. The lowest BCUT2D eigenvalue weighted by Gasteiger charge is -2.32. The van der Waals surface area contributed by atoms with Crippen LogP contribution >= 0.6 is 22.9 Å². The number of likely N-dealkylation sites (tertiary alicyclic amines) is 1. The van der Waals surface area contributed by atoms with Crippen molar-refractivity contribution in [1.82, 2.24) is 19.4 Å². The van der Waals surface area contributed by atoms with Crippen molar-refractivity contribution < 1.29 is 19.7 Å². The van der Waals surface area contributed by atoms with E-state index in [4.69, 9.17) is 21.3 Å². The number of ether oxygens (including phenoxy) is 1. The Kier molecular flexibility index (Phi) is 7.40. The summed E-state index contributed by atoms with van der Waals surface area (Å²) >= 11 is 7.63. The molecule has 0 spiro atoms. The molecule has 0 radical (unpaired) electrons. The highest BCUT2D eigenvalue weighted by Crippen LogP contribution is 2.38. The largest absolute Gasteiger partial charge is 0.478 e. The number of hydrogen-bond acceptors (Lipinski definition) is 8. The maximum Gasteiger partial charge on any atom is 0.336 e. The van der Waals surface area contributed by atoms with Crippen molar-refractivity contribution in [2.45, 2.75) is 25.3 Å². The van der Waals surface area contributed by atoms with Gasteiger partial charge in [-0.05, 0) is 67.7 Å². The fourth-order valence-electron chi connectivity index (χ4n) is 4.95. The van der Waals surface area contributed by atoms with Gasteiger partial charge in [-0.3, -0.25) is 0 Å². The molecule has 3 N–H and O–H groups in total. The van der Waals surface area contributed by atoms with E-state index in [1.54, 1.807) is 13.2 Å². The number of nitrogens with one attached hydrogen (secondary N) is 1. The summed E-state index contributed by atoms with van der Waals surface area (Å²) in [7, 11) is 1.65. The number of rotatable bonds is 9. The van der Waals surface area contributed by atoms with Gasteiger partial charge in [-0.25, -0.2) is 14.8 Å². The van der Waals surface area contributed by atoms with Crippen LogP contribution < -0.4 is 5.32 Å². The monoisotopic (exact) mass is 529 g/mol. The number of benzene rings is 2. The SMILES string of the molecule is COCCn1c(Nc2nc3ccc(Cl)cc3s2)nc2c(C3CCN(CCO)CC3)c(C(=O)O)ccc21. The number of fused-ring (bicyclic) bond motifs is 2. The summed E-state index contributed by atoms with van der Waals surface area (Å²) in [5, 5.41) is 24.0. The van der Waals surface area contributed by atoms with Gasteiger partial charge >= 0.3 is 5.97 Å². The average molecular weight is 530 g/mol. The minimum atomic E-state index is -0.950. The number of piperidine rings is 1. The van der Waals surface area contributed by atoms with Crippen molar-refractivity contribution >= 4 is 61.2 Å². The Hall–Kier alpha value is -2.76. The molecule has 2 aromatic carbocycles. The summed E-state index contributed by atoms with van der Waals surface area (Å²) in [4.78, 5) is 24.0. The minimum Gasteiger partial charge on any atom is -0.478 e. The normalized spacial score (nSPS) is 15.2. The van der Waals surface area contributed by atoms with Crippen LogP contribution in [-0.2, 0) is 11.3 Å². The lowest BCUT2D eigenvalue weighted by atomic mass is 9.85. The van der Waals surface area contributed by atoms with Crippen LogP contribution in [-0.4, -0.2) is 75.6 Å². The van der Waals surface area contributed by atoms with Crippen LogP contribution in [0.1, 0.15) is 34.7 Å². The number of carboxylic acid groups (broad SMARTS) is 1. The molecule has 36 heavy (non-hydrogen) atoms. The molecule has 1 aliphatic rings. The standard InChI is InChI=1S/C25H28ClN5O4S/c1-35-13-11-31-19-5-3-17(23(33)34)21(15-6-8-30(9-7-15)10-12-32)22(19)28-24(31)29-25-27-18-4-2-16(26)14-20(18)36-25/h2-5,14-15,32H,6-13H2,1H3,(H,33,34)(H,27,28,29). The van der Waals surface area contributed by atoms with Gasteiger partial charge in [0.1, 0.15) is 0 Å². The first kappa shape index (κ1) is 24.9. The molecule has 3 heterocycles. The maximum absolute atomic E-state index is 12.2. The lowest BCUT2D eigenvalue weighted by Crippen LogP contribution is -2.35. The summed E-state index contributed by atoms with van der Waals surface area (Å²) in [6.07, 6.45) is 1.62. The van der Waals surface area contributed by atoms with Gasteiger partial charge in [-0.2, -0.15) is 0 Å². The highest BCUT2D eigenvalue weighted by molar-refractivity contribution is 7.22. The highest BCUT2D eigenvalue weighted by Gasteiger charge is 2.28. The van der Waals surface area contributed by atoms with E-state index in [2.05, 4.69) is 15.2 Å². The van der Waals surface area contributed by atoms with Crippen LogP contribution in [0.3, 0.4) is 0 Å². The molecule has 9 nitrogen and oxygen atoms in total. The Morgan fingerprint density at radius 3 is 2.75 bits per heavy atom. The second-order valence-corrected chi connectivity index (χ2v) is 10.3. The molecule has 1 fully saturated rings. The average Bonchev–Trinajstić information content (AvgIpc) is 3.42. The number of anilines is 2. The zero-order valence-corrected chi connectivity index (χ0v) is 21.5. The van der Waals surface area contributed by atoms with Crippen LogP contribution in [0, 0.1) is 0 Å². The van der Waals surface area contributed by atoms with Gasteiger partial charge in [-0.1, -0.05) is 22.9 Å². The molecule has 0 aliphatic carbocycles. The third-order valence-electron chi connectivity index (χ3n) is 6.69. The highest BCUT2D eigenvalue weighted by atomic mass is 35.5. The molecule has 190 valence electrons. The van der Waals surface area contributed by atoms with E-state index in [1.807, 2.05) is 28.8 Å². The van der Waals surface area contributed by atoms with E-state index in [9.17, 15) is 15.0 Å². The fourth-order valence-corrected chi connectivity index (χ4v) is 6.09. The van der Waals surface area contributed by atoms with Crippen molar-refractivity contribution in [1.29, 1.82) is 0 Å². The van der Waals surface area contributed by atoms with E-state index in [-0.39, 0.29) is 12.5 Å². The number of halogens is 1. The fraction of sp³-hybridized carbons (Fsp3) is 0.400. The summed E-state index contributed by atoms with van der Waals surface area (Å²) in [6.45, 7) is 3.40. The number of carboxylic acids is 1. The topological polar surface area (TPSA) is 113 Å². The molecule has 0 atom stereocenters. The van der Waals surface area contributed by atoms with Crippen LogP contribution in [0.15, 0.2) is 30.3 Å². The Balaban J connectivity index is 1.58. The van der Waals surface area contributed by atoms with Gasteiger partial charge in [0, 0.05) is 25.2 Å².